The average Bonchev–Trinajstić information content (AvgIpc) is 2.76. The Labute approximate surface area is 105 Å². The van der Waals surface area contributed by atoms with Gasteiger partial charge in [0.1, 0.15) is 0 Å². The predicted octanol–water partition coefficient (Wildman–Crippen LogP) is 1.39. The highest BCUT2D eigenvalue weighted by molar-refractivity contribution is 5.93. The molecule has 0 aliphatic carbocycles. The number of amides is 1. The van der Waals surface area contributed by atoms with Crippen LogP contribution in [0.3, 0.4) is 0 Å². The molecule has 96 valence electrons. The Morgan fingerprint density at radius 3 is 2.89 bits per heavy atom. The number of benzene rings is 1. The number of hydrogen-bond donors (Lipinski definition) is 2. The number of nitrogens with zero attached hydrogens (tertiary/aromatic N) is 1. The molecule has 0 spiro atoms. The van der Waals surface area contributed by atoms with E-state index in [4.69, 9.17) is 0 Å². The highest BCUT2D eigenvalue weighted by Crippen LogP contribution is 2.21. The maximum absolute atomic E-state index is 12.0. The fourth-order valence-corrected chi connectivity index (χ4v) is 2.09. The van der Waals surface area contributed by atoms with Gasteiger partial charge in [0.2, 0.25) is 5.91 Å². The first-order valence-electron chi connectivity index (χ1n) is 5.84. The first kappa shape index (κ1) is 12.5. The van der Waals surface area contributed by atoms with Crippen molar-refractivity contribution in [2.45, 2.75) is 6.92 Å². The number of nitro benzene ring substituents is 1. The van der Waals surface area contributed by atoms with Crippen LogP contribution < -0.4 is 10.6 Å². The molecule has 1 fully saturated rings. The maximum atomic E-state index is 12.0. The zero-order valence-corrected chi connectivity index (χ0v) is 10.1. The lowest BCUT2D eigenvalue weighted by Crippen LogP contribution is -2.27. The van der Waals surface area contributed by atoms with E-state index in [-0.39, 0.29) is 23.4 Å². The van der Waals surface area contributed by atoms with Crippen molar-refractivity contribution in [1.29, 1.82) is 0 Å². The molecule has 2 N–H and O–H groups in total. The fourth-order valence-electron chi connectivity index (χ4n) is 2.09. The summed E-state index contributed by atoms with van der Waals surface area (Å²) in [6.07, 6.45) is 0. The zero-order valence-electron chi connectivity index (χ0n) is 10.1. The van der Waals surface area contributed by atoms with E-state index in [1.807, 2.05) is 6.92 Å². The van der Waals surface area contributed by atoms with Crippen molar-refractivity contribution >= 4 is 17.3 Å². The van der Waals surface area contributed by atoms with Gasteiger partial charge in [-0.3, -0.25) is 14.9 Å². The Balaban J connectivity index is 2.07. The third kappa shape index (κ3) is 2.65. The van der Waals surface area contributed by atoms with Gasteiger partial charge in [0.25, 0.3) is 5.69 Å². The van der Waals surface area contributed by atoms with E-state index in [1.165, 1.54) is 12.1 Å². The normalized spacial score (nSPS) is 22.7. The molecule has 0 radical (unpaired) electrons. The summed E-state index contributed by atoms with van der Waals surface area (Å²) in [6.45, 7) is 3.49. The number of nitro groups is 1. The SMILES string of the molecule is C[C@@H]1CNC[C@H]1C(=O)Nc1cccc([N+](=O)[O-])c1. The second-order valence-electron chi connectivity index (χ2n) is 4.54. The van der Waals surface area contributed by atoms with Crippen LogP contribution in [0.1, 0.15) is 6.92 Å². The lowest BCUT2D eigenvalue weighted by Gasteiger charge is -2.13. The molecule has 0 unspecified atom stereocenters. The van der Waals surface area contributed by atoms with Crippen LogP contribution in [0.15, 0.2) is 24.3 Å². The Hall–Kier alpha value is -1.95. The summed E-state index contributed by atoms with van der Waals surface area (Å²) in [7, 11) is 0. The number of carbonyl (C=O) groups excluding carboxylic acids is 1. The monoisotopic (exact) mass is 249 g/mol. The van der Waals surface area contributed by atoms with Gasteiger partial charge in [-0.2, -0.15) is 0 Å². The molecule has 1 aliphatic heterocycles. The van der Waals surface area contributed by atoms with Crippen LogP contribution in [0.2, 0.25) is 0 Å². The average molecular weight is 249 g/mol. The van der Waals surface area contributed by atoms with Gasteiger partial charge in [-0.05, 0) is 18.5 Å². The van der Waals surface area contributed by atoms with Crippen LogP contribution in [0, 0.1) is 22.0 Å². The summed E-state index contributed by atoms with van der Waals surface area (Å²) in [5.74, 6) is 0.112. The molecule has 1 aromatic carbocycles. The van der Waals surface area contributed by atoms with Crippen molar-refractivity contribution in [1.82, 2.24) is 5.32 Å². The van der Waals surface area contributed by atoms with Crippen LogP contribution in [-0.2, 0) is 4.79 Å². The van der Waals surface area contributed by atoms with Crippen LogP contribution in [-0.4, -0.2) is 23.9 Å². The first-order chi connectivity index (χ1) is 8.58. The van der Waals surface area contributed by atoms with Gasteiger partial charge in [-0.15, -0.1) is 0 Å². The summed E-state index contributed by atoms with van der Waals surface area (Å²) in [5, 5.41) is 16.5. The van der Waals surface area contributed by atoms with E-state index in [9.17, 15) is 14.9 Å². The van der Waals surface area contributed by atoms with E-state index in [0.29, 0.717) is 12.2 Å². The lowest BCUT2D eigenvalue weighted by atomic mass is 9.97. The van der Waals surface area contributed by atoms with Gasteiger partial charge >= 0.3 is 0 Å². The van der Waals surface area contributed by atoms with Gasteiger partial charge in [0, 0.05) is 24.4 Å². The van der Waals surface area contributed by atoms with Gasteiger partial charge in [-0.25, -0.2) is 0 Å². The highest BCUT2D eigenvalue weighted by Gasteiger charge is 2.29. The lowest BCUT2D eigenvalue weighted by molar-refractivity contribution is -0.384. The molecule has 1 heterocycles. The van der Waals surface area contributed by atoms with Crippen molar-refractivity contribution in [3.63, 3.8) is 0 Å². The van der Waals surface area contributed by atoms with E-state index in [1.54, 1.807) is 12.1 Å². The molecule has 1 aliphatic rings. The minimum atomic E-state index is -0.477. The largest absolute Gasteiger partial charge is 0.326 e. The zero-order chi connectivity index (χ0) is 13.1. The third-order valence-electron chi connectivity index (χ3n) is 3.18. The smallest absolute Gasteiger partial charge is 0.271 e. The quantitative estimate of drug-likeness (QED) is 0.626. The number of hydrogen-bond acceptors (Lipinski definition) is 4. The highest BCUT2D eigenvalue weighted by atomic mass is 16.6. The number of carbonyl (C=O) groups is 1. The molecule has 0 bridgehead atoms. The Bertz CT molecular complexity index is 475. The topological polar surface area (TPSA) is 84.3 Å². The standard InChI is InChI=1S/C12H15N3O3/c1-8-6-13-7-11(8)12(16)14-9-3-2-4-10(5-9)15(17)18/h2-5,8,11,13H,6-7H2,1H3,(H,14,16)/t8-,11-/m1/s1. The molecule has 1 saturated heterocycles. The number of rotatable bonds is 3. The summed E-state index contributed by atoms with van der Waals surface area (Å²) >= 11 is 0. The molecule has 6 nitrogen and oxygen atoms in total. The second kappa shape index (κ2) is 5.14. The Morgan fingerprint density at radius 1 is 1.50 bits per heavy atom. The van der Waals surface area contributed by atoms with Crippen molar-refractivity contribution in [3.05, 3.63) is 34.4 Å². The van der Waals surface area contributed by atoms with Crippen LogP contribution in [0.25, 0.3) is 0 Å². The van der Waals surface area contributed by atoms with Gasteiger partial charge < -0.3 is 10.6 Å². The number of non-ortho nitro benzene ring substituents is 1. The minimum absolute atomic E-state index is 0.0228. The van der Waals surface area contributed by atoms with Crippen LogP contribution in [0.4, 0.5) is 11.4 Å². The maximum Gasteiger partial charge on any atom is 0.271 e. The molecule has 1 amide bonds. The van der Waals surface area contributed by atoms with E-state index in [2.05, 4.69) is 10.6 Å². The Kier molecular flexibility index (Phi) is 3.57. The molecule has 18 heavy (non-hydrogen) atoms. The fraction of sp³-hybridized carbons (Fsp3) is 0.417. The summed E-state index contributed by atoms with van der Waals surface area (Å²) in [5.41, 5.74) is 0.443. The van der Waals surface area contributed by atoms with Crippen molar-refractivity contribution in [3.8, 4) is 0 Å². The number of anilines is 1. The summed E-state index contributed by atoms with van der Waals surface area (Å²) < 4.78 is 0. The van der Waals surface area contributed by atoms with Crippen LogP contribution in [0.5, 0.6) is 0 Å². The van der Waals surface area contributed by atoms with Crippen LogP contribution >= 0.6 is 0 Å². The van der Waals surface area contributed by atoms with E-state index in [0.717, 1.165) is 6.54 Å². The molecule has 2 rings (SSSR count). The Morgan fingerprint density at radius 2 is 2.28 bits per heavy atom. The third-order valence-corrected chi connectivity index (χ3v) is 3.18. The van der Waals surface area contributed by atoms with Crippen molar-refractivity contribution < 1.29 is 9.72 Å². The molecular formula is C12H15N3O3. The minimum Gasteiger partial charge on any atom is -0.326 e. The predicted molar refractivity (Wildman–Crippen MR) is 67.2 cm³/mol. The summed E-state index contributed by atoms with van der Waals surface area (Å²) in [4.78, 5) is 22.1. The van der Waals surface area contributed by atoms with Crippen molar-refractivity contribution in [2.24, 2.45) is 11.8 Å². The van der Waals surface area contributed by atoms with E-state index < -0.39 is 4.92 Å². The van der Waals surface area contributed by atoms with Crippen molar-refractivity contribution in [2.75, 3.05) is 18.4 Å². The molecule has 6 heteroatoms. The number of nitrogens with one attached hydrogen (secondary N) is 2. The molecule has 2 atom stereocenters. The molecular weight excluding hydrogens is 234 g/mol. The van der Waals surface area contributed by atoms with Gasteiger partial charge in [-0.1, -0.05) is 13.0 Å². The molecule has 0 saturated carbocycles. The van der Waals surface area contributed by atoms with E-state index >= 15 is 0 Å². The van der Waals surface area contributed by atoms with Gasteiger partial charge in [0.05, 0.1) is 10.8 Å². The van der Waals surface area contributed by atoms with Gasteiger partial charge in [0.15, 0.2) is 0 Å². The summed E-state index contributed by atoms with van der Waals surface area (Å²) in [6, 6.07) is 5.97. The molecule has 0 aromatic heterocycles. The second-order valence-corrected chi connectivity index (χ2v) is 4.54. The first-order valence-corrected chi connectivity index (χ1v) is 5.84. The molecule has 1 aromatic rings.